The van der Waals surface area contributed by atoms with E-state index >= 15 is 0 Å². The van der Waals surface area contributed by atoms with Gasteiger partial charge in [0.25, 0.3) is 11.8 Å². The highest BCUT2D eigenvalue weighted by atomic mass is 35.5. The molecule has 0 radical (unpaired) electrons. The molecule has 186 valence electrons. The minimum atomic E-state index is -0.631. The van der Waals surface area contributed by atoms with Crippen molar-refractivity contribution in [3.8, 4) is 5.75 Å². The van der Waals surface area contributed by atoms with Crippen LogP contribution in [0.2, 0.25) is 15.1 Å². The summed E-state index contributed by atoms with van der Waals surface area (Å²) >= 11 is 19.6. The Kier molecular flexibility index (Phi) is 6.54. The van der Waals surface area contributed by atoms with Crippen molar-refractivity contribution in [2.75, 3.05) is 5.01 Å². The van der Waals surface area contributed by atoms with Crippen LogP contribution in [0.1, 0.15) is 38.9 Å². The van der Waals surface area contributed by atoms with Gasteiger partial charge in [0.2, 0.25) is 5.91 Å². The van der Waals surface area contributed by atoms with Gasteiger partial charge in [-0.25, -0.2) is 9.99 Å². The van der Waals surface area contributed by atoms with E-state index in [1.54, 1.807) is 30.3 Å². The molecule has 7 nitrogen and oxygen atoms in total. The van der Waals surface area contributed by atoms with E-state index in [1.807, 2.05) is 13.0 Å². The fourth-order valence-corrected chi connectivity index (χ4v) is 5.09. The Morgan fingerprint density at radius 1 is 0.946 bits per heavy atom. The smallest absolute Gasteiger partial charge is 0.281 e. The van der Waals surface area contributed by atoms with Crippen LogP contribution in [-0.4, -0.2) is 27.7 Å². The number of anilines is 1. The van der Waals surface area contributed by atoms with Crippen LogP contribution in [0.15, 0.2) is 60.7 Å². The van der Waals surface area contributed by atoms with Crippen LogP contribution in [0.3, 0.4) is 0 Å². The number of imide groups is 1. The Bertz CT molecular complexity index is 1590. The largest absolute Gasteiger partial charge is 0.487 e. The third kappa shape index (κ3) is 4.29. The zero-order chi connectivity index (χ0) is 26.4. The summed E-state index contributed by atoms with van der Waals surface area (Å²) in [6, 6.07) is 16.5. The number of amides is 3. The number of carbonyl (C=O) groups is 3. The summed E-state index contributed by atoms with van der Waals surface area (Å²) in [7, 11) is 0. The molecule has 3 aromatic carbocycles. The second-order valence-electron chi connectivity index (χ2n) is 8.34. The number of rotatable bonds is 5. The van der Waals surface area contributed by atoms with E-state index in [1.165, 1.54) is 31.2 Å². The Morgan fingerprint density at radius 3 is 2.27 bits per heavy atom. The number of hydrogen-bond donors (Lipinski definition) is 0. The molecule has 37 heavy (non-hydrogen) atoms. The molecule has 1 aliphatic rings. The molecule has 0 aliphatic carbocycles. The van der Waals surface area contributed by atoms with Crippen LogP contribution in [0.25, 0.3) is 10.9 Å². The molecule has 2 heterocycles. The molecule has 0 unspecified atom stereocenters. The summed E-state index contributed by atoms with van der Waals surface area (Å²) in [4.78, 5) is 43.4. The molecular formula is C27H18Cl3N3O4. The van der Waals surface area contributed by atoms with Crippen molar-refractivity contribution < 1.29 is 19.1 Å². The van der Waals surface area contributed by atoms with Gasteiger partial charge < -0.3 is 4.74 Å². The molecule has 4 aromatic rings. The normalized spacial score (nSPS) is 12.7. The first-order valence-corrected chi connectivity index (χ1v) is 12.3. The minimum absolute atomic E-state index is 0.0571. The monoisotopic (exact) mass is 553 g/mol. The number of hydrogen-bond acceptors (Lipinski definition) is 5. The van der Waals surface area contributed by atoms with Gasteiger partial charge in [-0.1, -0.05) is 59.1 Å². The van der Waals surface area contributed by atoms with Crippen LogP contribution >= 0.6 is 34.8 Å². The summed E-state index contributed by atoms with van der Waals surface area (Å²) in [6.07, 6.45) is 0. The predicted molar refractivity (Wildman–Crippen MR) is 142 cm³/mol. The maximum Gasteiger partial charge on any atom is 0.281 e. The van der Waals surface area contributed by atoms with Gasteiger partial charge in [-0.2, -0.15) is 5.01 Å². The van der Waals surface area contributed by atoms with Crippen molar-refractivity contribution in [2.24, 2.45) is 0 Å². The first-order valence-electron chi connectivity index (χ1n) is 11.1. The van der Waals surface area contributed by atoms with Gasteiger partial charge in [-0.3, -0.25) is 14.4 Å². The maximum absolute atomic E-state index is 13.1. The van der Waals surface area contributed by atoms with Crippen LogP contribution in [0.5, 0.6) is 5.75 Å². The van der Waals surface area contributed by atoms with E-state index in [0.717, 1.165) is 21.1 Å². The summed E-state index contributed by atoms with van der Waals surface area (Å²) in [6.45, 7) is 2.99. The van der Waals surface area contributed by atoms with Gasteiger partial charge in [0.1, 0.15) is 17.9 Å². The molecule has 0 bridgehead atoms. The second-order valence-corrected chi connectivity index (χ2v) is 9.54. The summed E-state index contributed by atoms with van der Waals surface area (Å²) in [5, 5.41) is 3.35. The highest BCUT2D eigenvalue weighted by Crippen LogP contribution is 2.38. The number of aryl methyl sites for hydroxylation is 1. The lowest BCUT2D eigenvalue weighted by Crippen LogP contribution is -2.49. The number of fused-ring (bicyclic) bond motifs is 2. The number of pyridine rings is 1. The Hall–Kier alpha value is -3.65. The number of ether oxygens (including phenoxy) is 1. The van der Waals surface area contributed by atoms with E-state index in [2.05, 4.69) is 4.98 Å². The number of carbonyl (C=O) groups excluding carboxylic acids is 3. The van der Waals surface area contributed by atoms with Crippen molar-refractivity contribution in [3.05, 3.63) is 98.1 Å². The number of benzene rings is 3. The average molecular weight is 555 g/mol. The Morgan fingerprint density at radius 2 is 1.62 bits per heavy atom. The van der Waals surface area contributed by atoms with E-state index < -0.39 is 17.7 Å². The molecule has 0 fully saturated rings. The van der Waals surface area contributed by atoms with Gasteiger partial charge in [0.05, 0.1) is 26.9 Å². The van der Waals surface area contributed by atoms with Crippen molar-refractivity contribution in [1.82, 2.24) is 9.99 Å². The van der Waals surface area contributed by atoms with Crippen LogP contribution < -0.4 is 9.75 Å². The van der Waals surface area contributed by atoms with E-state index in [4.69, 9.17) is 39.5 Å². The molecule has 5 rings (SSSR count). The lowest BCUT2D eigenvalue weighted by atomic mass is 10.1. The lowest BCUT2D eigenvalue weighted by Gasteiger charge is -2.30. The first-order chi connectivity index (χ1) is 17.7. The lowest BCUT2D eigenvalue weighted by molar-refractivity contribution is -0.118. The zero-order valence-corrected chi connectivity index (χ0v) is 21.9. The molecule has 0 spiro atoms. The van der Waals surface area contributed by atoms with Crippen LogP contribution in [0.4, 0.5) is 5.69 Å². The number of aromatic nitrogens is 1. The number of halogens is 3. The quantitative estimate of drug-likeness (QED) is 0.258. The fraction of sp³-hybridized carbons (Fsp3) is 0.111. The van der Waals surface area contributed by atoms with Gasteiger partial charge in [0, 0.05) is 28.6 Å². The number of para-hydroxylation sites is 1. The second kappa shape index (κ2) is 9.67. The van der Waals surface area contributed by atoms with Crippen LogP contribution in [0, 0.1) is 6.92 Å². The van der Waals surface area contributed by atoms with E-state index in [-0.39, 0.29) is 33.5 Å². The third-order valence-corrected chi connectivity index (χ3v) is 7.01. The highest BCUT2D eigenvalue weighted by molar-refractivity contribution is 6.38. The molecule has 0 N–H and O–H groups in total. The van der Waals surface area contributed by atoms with Gasteiger partial charge in [0.15, 0.2) is 0 Å². The molecule has 1 aliphatic heterocycles. The van der Waals surface area contributed by atoms with Gasteiger partial charge >= 0.3 is 0 Å². The number of hydrazine groups is 1. The molecule has 0 atom stereocenters. The summed E-state index contributed by atoms with van der Waals surface area (Å²) in [5.74, 6) is -1.39. The fourth-order valence-electron chi connectivity index (χ4n) is 4.22. The molecule has 1 aromatic heterocycles. The van der Waals surface area contributed by atoms with Crippen molar-refractivity contribution >= 4 is 69.1 Å². The topological polar surface area (TPSA) is 79.8 Å². The SMILES string of the molecule is CC(=O)N(c1ccc(Cl)c(COc2cccc3c(Cl)cc(C)nc23)c1Cl)N1C(=O)c2ccccc2C1=O. The van der Waals surface area contributed by atoms with Gasteiger partial charge in [-0.15, -0.1) is 0 Å². The van der Waals surface area contributed by atoms with Crippen molar-refractivity contribution in [3.63, 3.8) is 0 Å². The predicted octanol–water partition coefficient (Wildman–Crippen LogP) is 6.65. The van der Waals surface area contributed by atoms with Crippen LogP contribution in [-0.2, 0) is 11.4 Å². The zero-order valence-electron chi connectivity index (χ0n) is 19.6. The van der Waals surface area contributed by atoms with Crippen molar-refractivity contribution in [2.45, 2.75) is 20.5 Å². The van der Waals surface area contributed by atoms with Crippen molar-refractivity contribution in [1.29, 1.82) is 0 Å². The average Bonchev–Trinajstić information content (AvgIpc) is 3.11. The Labute approximate surface area is 227 Å². The minimum Gasteiger partial charge on any atom is -0.487 e. The van der Waals surface area contributed by atoms with E-state index in [0.29, 0.717) is 21.9 Å². The Balaban J connectivity index is 1.52. The standard InChI is InChI=1S/C27H18Cl3N3O4/c1-14-12-21(29)18-8-5-9-23(25(18)31-14)37-13-19-20(28)10-11-22(24(19)30)32(15(2)34)33-26(35)16-6-3-4-7-17(16)27(33)36/h3-12H,13H2,1-2H3. The molecule has 10 heteroatoms. The third-order valence-electron chi connectivity index (χ3n) is 5.92. The summed E-state index contributed by atoms with van der Waals surface area (Å²) in [5.41, 5.74) is 2.17. The highest BCUT2D eigenvalue weighted by Gasteiger charge is 2.42. The first kappa shape index (κ1) is 25.0. The van der Waals surface area contributed by atoms with E-state index in [9.17, 15) is 14.4 Å². The molecule has 0 saturated carbocycles. The molecular weight excluding hydrogens is 537 g/mol. The maximum atomic E-state index is 13.1. The number of nitrogens with zero attached hydrogens (tertiary/aromatic N) is 3. The molecule has 0 saturated heterocycles. The molecule has 3 amide bonds. The summed E-state index contributed by atoms with van der Waals surface area (Å²) < 4.78 is 6.05. The van der Waals surface area contributed by atoms with Gasteiger partial charge in [-0.05, 0) is 43.3 Å².